The van der Waals surface area contributed by atoms with Gasteiger partial charge in [0.1, 0.15) is 0 Å². The minimum absolute atomic E-state index is 0.122. The Balaban J connectivity index is 1.73. The number of hydrogen-bond acceptors (Lipinski definition) is 5. The highest BCUT2D eigenvalue weighted by molar-refractivity contribution is 7.15. The number of hydrogen-bond donors (Lipinski definition) is 1. The highest BCUT2D eigenvalue weighted by Crippen LogP contribution is 2.35. The molecule has 0 radical (unpaired) electrons. The lowest BCUT2D eigenvalue weighted by atomic mass is 9.91. The largest absolute Gasteiger partial charge is 0.346 e. The van der Waals surface area contributed by atoms with Crippen LogP contribution in [-0.2, 0) is 12.0 Å². The number of nitrogens with one attached hydrogen (secondary N) is 1. The van der Waals surface area contributed by atoms with Gasteiger partial charge in [-0.2, -0.15) is 0 Å². The van der Waals surface area contributed by atoms with Gasteiger partial charge >= 0.3 is 0 Å². The van der Waals surface area contributed by atoms with E-state index in [0.29, 0.717) is 0 Å². The first-order chi connectivity index (χ1) is 9.99. The van der Waals surface area contributed by atoms with Crippen molar-refractivity contribution in [2.75, 3.05) is 38.1 Å². The third-order valence-electron chi connectivity index (χ3n) is 4.38. The molecule has 2 aliphatic rings. The van der Waals surface area contributed by atoms with Gasteiger partial charge < -0.3 is 10.2 Å². The summed E-state index contributed by atoms with van der Waals surface area (Å²) in [6.07, 6.45) is 2.83. The molecule has 0 atom stereocenters. The molecule has 0 amide bonds. The van der Waals surface area contributed by atoms with Crippen LogP contribution in [0.3, 0.4) is 0 Å². The smallest absolute Gasteiger partial charge is 0.185 e. The van der Waals surface area contributed by atoms with Gasteiger partial charge in [-0.05, 0) is 19.9 Å². The zero-order chi connectivity index (χ0) is 15.0. The Labute approximate surface area is 132 Å². The van der Waals surface area contributed by atoms with Crippen LogP contribution in [0.15, 0.2) is 0 Å². The molecule has 118 valence electrons. The maximum Gasteiger partial charge on any atom is 0.185 e. The maximum absolute atomic E-state index is 5.00. The van der Waals surface area contributed by atoms with Crippen molar-refractivity contribution in [1.82, 2.24) is 15.2 Å². The van der Waals surface area contributed by atoms with Crippen LogP contribution in [0.1, 0.15) is 44.2 Å². The summed E-state index contributed by atoms with van der Waals surface area (Å²) in [4.78, 5) is 11.5. The van der Waals surface area contributed by atoms with Crippen molar-refractivity contribution in [1.29, 1.82) is 0 Å². The first-order valence-corrected chi connectivity index (χ1v) is 8.94. The van der Waals surface area contributed by atoms with E-state index in [2.05, 4.69) is 35.9 Å². The van der Waals surface area contributed by atoms with Crippen LogP contribution in [0.25, 0.3) is 0 Å². The quantitative estimate of drug-likeness (QED) is 0.926. The summed E-state index contributed by atoms with van der Waals surface area (Å²) in [5.74, 6) is 0. The predicted octanol–water partition coefficient (Wildman–Crippen LogP) is 2.44. The molecule has 3 rings (SSSR count). The molecule has 1 saturated heterocycles. The Kier molecular flexibility index (Phi) is 4.26. The third-order valence-corrected chi connectivity index (χ3v) is 5.50. The van der Waals surface area contributed by atoms with Crippen LogP contribution in [0, 0.1) is 0 Å². The molecule has 1 aromatic rings. The number of piperazine rings is 1. The van der Waals surface area contributed by atoms with Crippen LogP contribution in [0.5, 0.6) is 0 Å². The van der Waals surface area contributed by atoms with Gasteiger partial charge in [0.15, 0.2) is 5.13 Å². The number of rotatable bonds is 4. The monoisotopic (exact) mass is 308 g/mol. The lowest BCUT2D eigenvalue weighted by Gasteiger charge is -2.34. The van der Waals surface area contributed by atoms with E-state index in [0.717, 1.165) is 25.7 Å². The maximum atomic E-state index is 5.00. The van der Waals surface area contributed by atoms with Gasteiger partial charge in [0.05, 0.1) is 5.69 Å². The number of nitrogens with zero attached hydrogens (tertiary/aromatic N) is 3. The fraction of sp³-hybridized carbons (Fsp3) is 0.812. The van der Waals surface area contributed by atoms with E-state index in [4.69, 9.17) is 4.98 Å². The molecule has 1 saturated carbocycles. The van der Waals surface area contributed by atoms with E-state index in [1.165, 1.54) is 41.6 Å². The zero-order valence-corrected chi connectivity index (χ0v) is 14.6. The molecule has 1 aliphatic heterocycles. The molecule has 21 heavy (non-hydrogen) atoms. The van der Waals surface area contributed by atoms with E-state index in [-0.39, 0.29) is 5.41 Å². The zero-order valence-electron chi connectivity index (χ0n) is 13.8. The van der Waals surface area contributed by atoms with E-state index >= 15 is 0 Å². The fourth-order valence-electron chi connectivity index (χ4n) is 3.06. The molecule has 1 aliphatic carbocycles. The summed E-state index contributed by atoms with van der Waals surface area (Å²) < 4.78 is 0. The summed E-state index contributed by atoms with van der Waals surface area (Å²) in [7, 11) is 2.01. The van der Waals surface area contributed by atoms with Gasteiger partial charge in [0, 0.05) is 49.1 Å². The average molecular weight is 308 g/mol. The highest BCUT2D eigenvalue weighted by Gasteiger charge is 2.32. The van der Waals surface area contributed by atoms with Crippen molar-refractivity contribution in [2.45, 2.75) is 51.6 Å². The molecule has 0 aromatic carbocycles. The Bertz CT molecular complexity index is 479. The Hall–Kier alpha value is -0.650. The second kappa shape index (κ2) is 5.86. The molecule has 5 heteroatoms. The Morgan fingerprint density at radius 3 is 2.38 bits per heavy atom. The first kappa shape index (κ1) is 15.3. The highest BCUT2D eigenvalue weighted by atomic mass is 32.1. The van der Waals surface area contributed by atoms with Gasteiger partial charge in [-0.1, -0.05) is 20.8 Å². The minimum Gasteiger partial charge on any atom is -0.346 e. The second-order valence-electron chi connectivity index (χ2n) is 7.30. The summed E-state index contributed by atoms with van der Waals surface area (Å²) in [5.41, 5.74) is 1.39. The normalized spacial score (nSPS) is 21.0. The van der Waals surface area contributed by atoms with Crippen molar-refractivity contribution in [3.8, 4) is 0 Å². The van der Waals surface area contributed by atoms with Gasteiger partial charge in [-0.25, -0.2) is 4.98 Å². The Morgan fingerprint density at radius 2 is 1.86 bits per heavy atom. The van der Waals surface area contributed by atoms with Crippen LogP contribution in [-0.4, -0.2) is 49.2 Å². The standard InChI is InChI=1S/C16H28N4S/c1-16(2,3)14-13(11-17-4)21-15(18-14)20-9-7-19(8-10-20)12-5-6-12/h12,17H,5-11H2,1-4H3. The van der Waals surface area contributed by atoms with E-state index in [1.807, 2.05) is 18.4 Å². The SMILES string of the molecule is CNCc1sc(N2CCN(C3CC3)CC2)nc1C(C)(C)C. The average Bonchev–Trinajstić information content (AvgIpc) is 3.19. The van der Waals surface area contributed by atoms with Crippen LogP contribution in [0.4, 0.5) is 5.13 Å². The topological polar surface area (TPSA) is 31.4 Å². The van der Waals surface area contributed by atoms with Crippen LogP contribution < -0.4 is 10.2 Å². The third kappa shape index (κ3) is 3.41. The molecule has 4 nitrogen and oxygen atoms in total. The predicted molar refractivity (Wildman–Crippen MR) is 90.4 cm³/mol. The molecule has 0 unspecified atom stereocenters. The minimum atomic E-state index is 0.122. The van der Waals surface area contributed by atoms with E-state index in [9.17, 15) is 0 Å². The number of anilines is 1. The number of thiazole rings is 1. The Morgan fingerprint density at radius 1 is 1.19 bits per heavy atom. The van der Waals surface area contributed by atoms with Crippen molar-refractivity contribution in [3.05, 3.63) is 10.6 Å². The van der Waals surface area contributed by atoms with Crippen LogP contribution in [0.2, 0.25) is 0 Å². The molecular formula is C16H28N4S. The molecule has 1 N–H and O–H groups in total. The van der Waals surface area contributed by atoms with Gasteiger partial charge in [-0.15, -0.1) is 11.3 Å². The number of aromatic nitrogens is 1. The lowest BCUT2D eigenvalue weighted by molar-refractivity contribution is 0.248. The van der Waals surface area contributed by atoms with Gasteiger partial charge in [0.2, 0.25) is 0 Å². The van der Waals surface area contributed by atoms with Crippen molar-refractivity contribution < 1.29 is 0 Å². The molecule has 0 bridgehead atoms. The first-order valence-electron chi connectivity index (χ1n) is 8.13. The fourth-order valence-corrected chi connectivity index (χ4v) is 4.39. The van der Waals surface area contributed by atoms with E-state index in [1.54, 1.807) is 0 Å². The summed E-state index contributed by atoms with van der Waals surface area (Å²) in [5, 5.41) is 4.51. The van der Waals surface area contributed by atoms with Gasteiger partial charge in [0.25, 0.3) is 0 Å². The molecule has 0 spiro atoms. The summed E-state index contributed by atoms with van der Waals surface area (Å²) >= 11 is 1.88. The molecule has 2 heterocycles. The van der Waals surface area contributed by atoms with Crippen molar-refractivity contribution in [3.63, 3.8) is 0 Å². The lowest BCUT2D eigenvalue weighted by Crippen LogP contribution is -2.47. The molecular weight excluding hydrogens is 280 g/mol. The molecule has 2 fully saturated rings. The summed E-state index contributed by atoms with van der Waals surface area (Å²) in [6, 6.07) is 0.897. The van der Waals surface area contributed by atoms with Crippen molar-refractivity contribution >= 4 is 16.5 Å². The van der Waals surface area contributed by atoms with Crippen molar-refractivity contribution in [2.24, 2.45) is 0 Å². The second-order valence-corrected chi connectivity index (χ2v) is 8.36. The van der Waals surface area contributed by atoms with E-state index < -0.39 is 0 Å². The van der Waals surface area contributed by atoms with Gasteiger partial charge in [-0.3, -0.25) is 4.90 Å². The summed E-state index contributed by atoms with van der Waals surface area (Å²) in [6.45, 7) is 12.4. The van der Waals surface area contributed by atoms with Crippen LogP contribution >= 0.6 is 11.3 Å². The molecule has 1 aromatic heterocycles.